The lowest BCUT2D eigenvalue weighted by Gasteiger charge is -2.08. The van der Waals surface area contributed by atoms with Crippen molar-refractivity contribution in [3.63, 3.8) is 0 Å². The Kier molecular flexibility index (Phi) is 3.10. The average Bonchev–Trinajstić information content (AvgIpc) is 2.76. The van der Waals surface area contributed by atoms with E-state index in [1.165, 1.54) is 6.07 Å². The SMILES string of the molecule is CCc1nccn1-c1c(Cl)cccc1[N+](=O)[O-]. The monoisotopic (exact) mass is 251 g/mol. The first-order valence-corrected chi connectivity index (χ1v) is 5.48. The number of nitrogens with zero attached hydrogens (tertiary/aromatic N) is 3. The van der Waals surface area contributed by atoms with Crippen LogP contribution in [0, 0.1) is 10.1 Å². The van der Waals surface area contributed by atoms with Crippen LogP contribution < -0.4 is 0 Å². The first-order chi connectivity index (χ1) is 8.15. The first-order valence-electron chi connectivity index (χ1n) is 5.10. The van der Waals surface area contributed by atoms with Gasteiger partial charge in [0.2, 0.25) is 0 Å². The van der Waals surface area contributed by atoms with Gasteiger partial charge in [-0.25, -0.2) is 4.98 Å². The minimum atomic E-state index is -0.444. The highest BCUT2D eigenvalue weighted by atomic mass is 35.5. The molecule has 0 radical (unpaired) electrons. The van der Waals surface area contributed by atoms with Crippen molar-refractivity contribution in [2.75, 3.05) is 0 Å². The van der Waals surface area contributed by atoms with Crippen molar-refractivity contribution in [3.8, 4) is 5.69 Å². The molecule has 6 heteroatoms. The van der Waals surface area contributed by atoms with Crippen molar-refractivity contribution in [2.45, 2.75) is 13.3 Å². The number of imidazole rings is 1. The van der Waals surface area contributed by atoms with E-state index in [4.69, 9.17) is 11.6 Å². The predicted molar refractivity (Wildman–Crippen MR) is 64.6 cm³/mol. The molecule has 0 unspecified atom stereocenters. The molecular weight excluding hydrogens is 242 g/mol. The molecule has 1 aromatic carbocycles. The van der Waals surface area contributed by atoms with E-state index in [1.807, 2.05) is 6.92 Å². The normalized spacial score (nSPS) is 10.5. The third kappa shape index (κ3) is 2.01. The molecule has 0 amide bonds. The number of halogens is 1. The minimum Gasteiger partial charge on any atom is -0.296 e. The molecule has 0 aliphatic rings. The lowest BCUT2D eigenvalue weighted by atomic mass is 10.2. The van der Waals surface area contributed by atoms with Gasteiger partial charge in [0.15, 0.2) is 0 Å². The molecule has 0 saturated heterocycles. The van der Waals surface area contributed by atoms with E-state index < -0.39 is 4.92 Å². The predicted octanol–water partition coefficient (Wildman–Crippen LogP) is 3.00. The van der Waals surface area contributed by atoms with Crippen LogP contribution in [0.4, 0.5) is 5.69 Å². The summed E-state index contributed by atoms with van der Waals surface area (Å²) in [5.74, 6) is 0.737. The largest absolute Gasteiger partial charge is 0.296 e. The lowest BCUT2D eigenvalue weighted by molar-refractivity contribution is -0.384. The lowest BCUT2D eigenvalue weighted by Crippen LogP contribution is -2.03. The Morgan fingerprint density at radius 1 is 1.53 bits per heavy atom. The highest BCUT2D eigenvalue weighted by molar-refractivity contribution is 6.32. The molecule has 17 heavy (non-hydrogen) atoms. The van der Waals surface area contributed by atoms with Gasteiger partial charge in [-0.2, -0.15) is 0 Å². The van der Waals surface area contributed by atoms with E-state index in [1.54, 1.807) is 29.1 Å². The Morgan fingerprint density at radius 3 is 2.94 bits per heavy atom. The summed E-state index contributed by atoms with van der Waals surface area (Å²) >= 11 is 6.04. The van der Waals surface area contributed by atoms with Crippen LogP contribution in [-0.2, 0) is 6.42 Å². The van der Waals surface area contributed by atoms with E-state index in [0.717, 1.165) is 5.82 Å². The number of aromatic nitrogens is 2. The number of nitro benzene ring substituents is 1. The number of hydrogen-bond donors (Lipinski definition) is 0. The zero-order valence-corrected chi connectivity index (χ0v) is 9.89. The van der Waals surface area contributed by atoms with E-state index in [2.05, 4.69) is 4.98 Å². The topological polar surface area (TPSA) is 61.0 Å². The molecule has 0 atom stereocenters. The van der Waals surface area contributed by atoms with Crippen LogP contribution >= 0.6 is 11.6 Å². The van der Waals surface area contributed by atoms with Gasteiger partial charge in [-0.05, 0) is 6.07 Å². The molecule has 0 spiro atoms. The van der Waals surface area contributed by atoms with Crippen LogP contribution in [0.5, 0.6) is 0 Å². The third-order valence-corrected chi connectivity index (χ3v) is 2.74. The summed E-state index contributed by atoms with van der Waals surface area (Å²) in [5, 5.41) is 11.3. The Hall–Kier alpha value is -1.88. The maximum atomic E-state index is 11.0. The third-order valence-electron chi connectivity index (χ3n) is 2.44. The highest BCUT2D eigenvalue weighted by Crippen LogP contribution is 2.30. The van der Waals surface area contributed by atoms with Gasteiger partial charge in [0.05, 0.1) is 9.95 Å². The molecule has 2 rings (SSSR count). The van der Waals surface area contributed by atoms with E-state index in [-0.39, 0.29) is 5.69 Å². The van der Waals surface area contributed by atoms with Crippen LogP contribution in [0.15, 0.2) is 30.6 Å². The molecule has 2 aromatic rings. The standard InChI is InChI=1S/C11H10ClN3O2/c1-2-10-13-6-7-14(10)11-8(12)4-3-5-9(11)15(16)17/h3-7H,2H2,1H3. The van der Waals surface area contributed by atoms with E-state index >= 15 is 0 Å². The summed E-state index contributed by atoms with van der Waals surface area (Å²) in [6.45, 7) is 1.93. The van der Waals surface area contributed by atoms with Gasteiger partial charge in [-0.1, -0.05) is 24.6 Å². The summed E-state index contributed by atoms with van der Waals surface area (Å²) in [6, 6.07) is 4.62. The van der Waals surface area contributed by atoms with E-state index in [9.17, 15) is 10.1 Å². The molecular formula is C11H10ClN3O2. The van der Waals surface area contributed by atoms with Crippen molar-refractivity contribution in [1.82, 2.24) is 9.55 Å². The van der Waals surface area contributed by atoms with Gasteiger partial charge < -0.3 is 0 Å². The number of benzene rings is 1. The summed E-state index contributed by atoms with van der Waals surface area (Å²) in [7, 11) is 0. The summed E-state index contributed by atoms with van der Waals surface area (Å²) in [5.41, 5.74) is 0.346. The Bertz CT molecular complexity index is 566. The van der Waals surface area contributed by atoms with Crippen molar-refractivity contribution < 1.29 is 4.92 Å². The van der Waals surface area contributed by atoms with Gasteiger partial charge in [-0.3, -0.25) is 14.7 Å². The molecule has 5 nitrogen and oxygen atoms in total. The second-order valence-electron chi connectivity index (χ2n) is 3.43. The second-order valence-corrected chi connectivity index (χ2v) is 3.84. The molecule has 1 aromatic heterocycles. The molecule has 0 bridgehead atoms. The van der Waals surface area contributed by atoms with Crippen LogP contribution in [-0.4, -0.2) is 14.5 Å². The zero-order chi connectivity index (χ0) is 12.4. The van der Waals surface area contributed by atoms with Crippen LogP contribution in [0.1, 0.15) is 12.7 Å². The first kappa shape index (κ1) is 11.6. The summed E-state index contributed by atoms with van der Waals surface area (Å²) in [4.78, 5) is 14.7. The minimum absolute atomic E-state index is 0.0230. The Labute approximate surface area is 103 Å². The van der Waals surface area contributed by atoms with Crippen molar-refractivity contribution in [1.29, 1.82) is 0 Å². The van der Waals surface area contributed by atoms with Crippen LogP contribution in [0.25, 0.3) is 5.69 Å². The van der Waals surface area contributed by atoms with Crippen LogP contribution in [0.3, 0.4) is 0 Å². The maximum Gasteiger partial charge on any atom is 0.294 e. The molecule has 0 N–H and O–H groups in total. The molecule has 0 saturated carbocycles. The van der Waals surface area contributed by atoms with E-state index in [0.29, 0.717) is 17.1 Å². The molecule has 0 aliphatic heterocycles. The Balaban J connectivity index is 2.70. The van der Waals surface area contributed by atoms with Crippen molar-refractivity contribution in [3.05, 3.63) is 51.6 Å². The smallest absolute Gasteiger partial charge is 0.294 e. The van der Waals surface area contributed by atoms with Gasteiger partial charge in [0.25, 0.3) is 5.69 Å². The van der Waals surface area contributed by atoms with Crippen molar-refractivity contribution >= 4 is 17.3 Å². The second kappa shape index (κ2) is 4.55. The number of para-hydroxylation sites is 1. The molecule has 0 fully saturated rings. The van der Waals surface area contributed by atoms with Gasteiger partial charge in [0, 0.05) is 24.9 Å². The summed E-state index contributed by atoms with van der Waals surface area (Å²) < 4.78 is 1.65. The maximum absolute atomic E-state index is 11.0. The zero-order valence-electron chi connectivity index (χ0n) is 9.13. The van der Waals surface area contributed by atoms with Crippen molar-refractivity contribution in [2.24, 2.45) is 0 Å². The number of aryl methyl sites for hydroxylation is 1. The fourth-order valence-corrected chi connectivity index (χ4v) is 1.95. The fourth-order valence-electron chi connectivity index (χ4n) is 1.69. The van der Waals surface area contributed by atoms with Gasteiger partial charge in [0.1, 0.15) is 11.5 Å². The number of nitro groups is 1. The molecule has 88 valence electrons. The quantitative estimate of drug-likeness (QED) is 0.622. The molecule has 0 aliphatic carbocycles. The van der Waals surface area contributed by atoms with Crippen LogP contribution in [0.2, 0.25) is 5.02 Å². The summed E-state index contributed by atoms with van der Waals surface area (Å²) in [6.07, 6.45) is 3.95. The number of rotatable bonds is 3. The van der Waals surface area contributed by atoms with Gasteiger partial charge in [-0.15, -0.1) is 0 Å². The number of hydrogen-bond acceptors (Lipinski definition) is 3. The van der Waals surface area contributed by atoms with Gasteiger partial charge >= 0.3 is 0 Å². The highest BCUT2D eigenvalue weighted by Gasteiger charge is 2.19. The Morgan fingerprint density at radius 2 is 2.29 bits per heavy atom. The fraction of sp³-hybridized carbons (Fsp3) is 0.182. The molecule has 1 heterocycles. The average molecular weight is 252 g/mol.